The van der Waals surface area contributed by atoms with E-state index in [1.165, 1.54) is 0 Å². The van der Waals surface area contributed by atoms with E-state index in [0.29, 0.717) is 6.67 Å². The highest BCUT2D eigenvalue weighted by atomic mass is 16.5. The van der Waals surface area contributed by atoms with E-state index >= 15 is 0 Å². The summed E-state index contributed by atoms with van der Waals surface area (Å²) in [6.45, 7) is 3.29. The van der Waals surface area contributed by atoms with Crippen LogP contribution < -0.4 is 15.0 Å². The second-order valence-electron chi connectivity index (χ2n) is 7.40. The first-order valence-electron chi connectivity index (χ1n) is 9.86. The van der Waals surface area contributed by atoms with Crippen LogP contribution in [0.5, 0.6) is 5.75 Å². The SMILES string of the molecule is COc1ccccc1C=CCN1CCC2(CC1)C(=O)NCN2c1ccccc1. The quantitative estimate of drug-likeness (QED) is 0.870. The number of carbonyl (C=O) groups is 1. The van der Waals surface area contributed by atoms with Gasteiger partial charge in [-0.25, -0.2) is 0 Å². The van der Waals surface area contributed by atoms with Crippen LogP contribution in [0, 0.1) is 0 Å². The lowest BCUT2D eigenvalue weighted by Crippen LogP contribution is -2.56. The van der Waals surface area contributed by atoms with Gasteiger partial charge in [-0.15, -0.1) is 0 Å². The summed E-state index contributed by atoms with van der Waals surface area (Å²) in [5.41, 5.74) is 1.79. The molecule has 0 radical (unpaired) electrons. The highest BCUT2D eigenvalue weighted by Crippen LogP contribution is 2.36. The number of nitrogens with zero attached hydrogens (tertiary/aromatic N) is 2. The van der Waals surface area contributed by atoms with Crippen molar-refractivity contribution < 1.29 is 9.53 Å². The molecule has 28 heavy (non-hydrogen) atoms. The van der Waals surface area contributed by atoms with Gasteiger partial charge in [-0.3, -0.25) is 9.69 Å². The minimum absolute atomic E-state index is 0.167. The highest BCUT2D eigenvalue weighted by Gasteiger charge is 2.50. The summed E-state index contributed by atoms with van der Waals surface area (Å²) in [5.74, 6) is 1.05. The molecule has 2 aliphatic heterocycles. The number of para-hydroxylation sites is 2. The predicted octanol–water partition coefficient (Wildman–Crippen LogP) is 3.14. The van der Waals surface area contributed by atoms with Crippen LogP contribution in [0.2, 0.25) is 0 Å². The molecule has 5 heteroatoms. The van der Waals surface area contributed by atoms with Gasteiger partial charge in [0.2, 0.25) is 5.91 Å². The smallest absolute Gasteiger partial charge is 0.247 e. The van der Waals surface area contributed by atoms with E-state index < -0.39 is 5.54 Å². The molecule has 2 heterocycles. The summed E-state index contributed by atoms with van der Waals surface area (Å²) < 4.78 is 5.40. The third kappa shape index (κ3) is 3.50. The zero-order valence-electron chi connectivity index (χ0n) is 16.3. The van der Waals surface area contributed by atoms with Gasteiger partial charge in [-0.2, -0.15) is 0 Å². The molecule has 2 aliphatic rings. The van der Waals surface area contributed by atoms with E-state index in [-0.39, 0.29) is 5.91 Å². The van der Waals surface area contributed by atoms with Gasteiger partial charge in [0.1, 0.15) is 11.3 Å². The van der Waals surface area contributed by atoms with Gasteiger partial charge in [0, 0.05) is 30.9 Å². The lowest BCUT2D eigenvalue weighted by atomic mass is 9.85. The topological polar surface area (TPSA) is 44.8 Å². The van der Waals surface area contributed by atoms with Crippen LogP contribution in [0.3, 0.4) is 0 Å². The standard InChI is InChI=1S/C23H27N3O2/c1-28-21-12-6-5-8-19(21)9-7-15-25-16-13-23(14-17-25)22(27)24-18-26(23)20-10-3-2-4-11-20/h2-12H,13-18H2,1H3,(H,24,27). The Hall–Kier alpha value is -2.79. The lowest BCUT2D eigenvalue weighted by molar-refractivity contribution is -0.125. The largest absolute Gasteiger partial charge is 0.496 e. The summed E-state index contributed by atoms with van der Waals surface area (Å²) in [6, 6.07) is 18.3. The van der Waals surface area contributed by atoms with Crippen molar-refractivity contribution in [2.45, 2.75) is 18.4 Å². The minimum Gasteiger partial charge on any atom is -0.496 e. The second kappa shape index (κ2) is 8.07. The molecule has 0 bridgehead atoms. The number of amides is 1. The second-order valence-corrected chi connectivity index (χ2v) is 7.40. The highest BCUT2D eigenvalue weighted by molar-refractivity contribution is 5.93. The first-order valence-corrected chi connectivity index (χ1v) is 9.86. The Morgan fingerprint density at radius 1 is 1.07 bits per heavy atom. The number of ether oxygens (including phenoxy) is 1. The lowest BCUT2D eigenvalue weighted by Gasteiger charge is -2.43. The fraction of sp³-hybridized carbons (Fsp3) is 0.348. The van der Waals surface area contributed by atoms with E-state index in [0.717, 1.165) is 49.5 Å². The van der Waals surface area contributed by atoms with Crippen molar-refractivity contribution in [3.63, 3.8) is 0 Å². The van der Waals surface area contributed by atoms with E-state index in [9.17, 15) is 4.79 Å². The Morgan fingerprint density at radius 2 is 1.79 bits per heavy atom. The fourth-order valence-electron chi connectivity index (χ4n) is 4.27. The molecule has 1 spiro atoms. The third-order valence-corrected chi connectivity index (χ3v) is 5.89. The maximum Gasteiger partial charge on any atom is 0.247 e. The van der Waals surface area contributed by atoms with Crippen LogP contribution in [0.1, 0.15) is 18.4 Å². The summed E-state index contributed by atoms with van der Waals surface area (Å²) in [4.78, 5) is 17.4. The zero-order valence-corrected chi connectivity index (χ0v) is 16.3. The monoisotopic (exact) mass is 377 g/mol. The predicted molar refractivity (Wildman–Crippen MR) is 112 cm³/mol. The molecule has 0 unspecified atom stereocenters. The van der Waals surface area contributed by atoms with Gasteiger partial charge in [-0.1, -0.05) is 48.6 Å². The van der Waals surface area contributed by atoms with Gasteiger partial charge in [0.25, 0.3) is 0 Å². The van der Waals surface area contributed by atoms with Crippen LogP contribution >= 0.6 is 0 Å². The Bertz CT molecular complexity index is 842. The summed E-state index contributed by atoms with van der Waals surface area (Å²) in [6.07, 6.45) is 5.98. The van der Waals surface area contributed by atoms with E-state index in [2.05, 4.69) is 45.5 Å². The molecule has 1 amide bonds. The van der Waals surface area contributed by atoms with Gasteiger partial charge in [0.05, 0.1) is 13.8 Å². The number of methoxy groups -OCH3 is 1. The van der Waals surface area contributed by atoms with Crippen LogP contribution in [0.4, 0.5) is 5.69 Å². The zero-order chi connectivity index (χ0) is 19.4. The average Bonchev–Trinajstić information content (AvgIpc) is 3.06. The van der Waals surface area contributed by atoms with Crippen molar-refractivity contribution in [1.29, 1.82) is 0 Å². The number of anilines is 1. The Labute approximate surface area is 166 Å². The van der Waals surface area contributed by atoms with Crippen molar-refractivity contribution in [2.24, 2.45) is 0 Å². The summed E-state index contributed by atoms with van der Waals surface area (Å²) in [5, 5.41) is 3.06. The van der Waals surface area contributed by atoms with Crippen molar-refractivity contribution in [3.8, 4) is 5.75 Å². The average molecular weight is 377 g/mol. The fourth-order valence-corrected chi connectivity index (χ4v) is 4.27. The number of carbonyl (C=O) groups excluding carboxylic acids is 1. The molecule has 5 nitrogen and oxygen atoms in total. The molecule has 0 atom stereocenters. The molecule has 0 aliphatic carbocycles. The molecule has 1 N–H and O–H groups in total. The molecule has 2 saturated heterocycles. The Kier molecular flexibility index (Phi) is 5.35. The first-order chi connectivity index (χ1) is 13.7. The normalized spacial score (nSPS) is 19.3. The maximum absolute atomic E-state index is 12.7. The van der Waals surface area contributed by atoms with Gasteiger partial charge in [0.15, 0.2) is 0 Å². The Balaban J connectivity index is 1.40. The summed E-state index contributed by atoms with van der Waals surface area (Å²) in [7, 11) is 1.70. The molecule has 146 valence electrons. The first kappa shape index (κ1) is 18.6. The van der Waals surface area contributed by atoms with E-state index in [1.807, 2.05) is 36.4 Å². The molecule has 0 aromatic heterocycles. The Morgan fingerprint density at radius 3 is 2.54 bits per heavy atom. The molecular weight excluding hydrogens is 350 g/mol. The number of hydrogen-bond donors (Lipinski definition) is 1. The molecular formula is C23H27N3O2. The maximum atomic E-state index is 12.7. The molecule has 2 fully saturated rings. The molecule has 0 saturated carbocycles. The molecule has 2 aromatic rings. The summed E-state index contributed by atoms with van der Waals surface area (Å²) >= 11 is 0. The molecule has 2 aromatic carbocycles. The van der Waals surface area contributed by atoms with Gasteiger partial charge >= 0.3 is 0 Å². The molecule has 4 rings (SSSR count). The van der Waals surface area contributed by atoms with Crippen LogP contribution in [0.25, 0.3) is 6.08 Å². The van der Waals surface area contributed by atoms with Crippen LogP contribution in [-0.4, -0.2) is 49.8 Å². The number of likely N-dealkylation sites (tertiary alicyclic amines) is 1. The van der Waals surface area contributed by atoms with Crippen LogP contribution in [-0.2, 0) is 4.79 Å². The number of nitrogens with one attached hydrogen (secondary N) is 1. The van der Waals surface area contributed by atoms with E-state index in [4.69, 9.17) is 4.74 Å². The number of piperidine rings is 1. The number of benzene rings is 2. The van der Waals surface area contributed by atoms with Crippen molar-refractivity contribution in [1.82, 2.24) is 10.2 Å². The van der Waals surface area contributed by atoms with Crippen LogP contribution in [0.15, 0.2) is 60.7 Å². The van der Waals surface area contributed by atoms with Crippen molar-refractivity contribution in [2.75, 3.05) is 38.3 Å². The number of hydrogen-bond acceptors (Lipinski definition) is 4. The third-order valence-electron chi connectivity index (χ3n) is 5.89. The van der Waals surface area contributed by atoms with Gasteiger partial charge < -0.3 is 15.0 Å². The number of rotatable bonds is 5. The minimum atomic E-state index is -0.412. The van der Waals surface area contributed by atoms with Crippen molar-refractivity contribution in [3.05, 3.63) is 66.2 Å². The van der Waals surface area contributed by atoms with Crippen molar-refractivity contribution >= 4 is 17.7 Å². The van der Waals surface area contributed by atoms with E-state index in [1.54, 1.807) is 7.11 Å². The van der Waals surface area contributed by atoms with Gasteiger partial charge in [-0.05, 0) is 31.0 Å².